The van der Waals surface area contributed by atoms with Gasteiger partial charge in [0.25, 0.3) is 0 Å². The summed E-state index contributed by atoms with van der Waals surface area (Å²) in [5.74, 6) is 0.910. The van der Waals surface area contributed by atoms with Gasteiger partial charge in [0.1, 0.15) is 5.78 Å². The van der Waals surface area contributed by atoms with E-state index < -0.39 is 0 Å². The summed E-state index contributed by atoms with van der Waals surface area (Å²) in [6, 6.07) is 0. The molecule has 0 bridgehead atoms. The number of hydrogen-bond acceptors (Lipinski definition) is 1. The molecule has 1 heteroatoms. The predicted molar refractivity (Wildman–Crippen MR) is 55.6 cm³/mol. The van der Waals surface area contributed by atoms with Gasteiger partial charge in [-0.05, 0) is 31.6 Å². The van der Waals surface area contributed by atoms with Crippen LogP contribution in [0.1, 0.15) is 46.0 Å². The van der Waals surface area contributed by atoms with Crippen molar-refractivity contribution in [2.24, 2.45) is 11.3 Å². The molecule has 0 N–H and O–H groups in total. The first-order chi connectivity index (χ1) is 6.18. The van der Waals surface area contributed by atoms with Crippen LogP contribution < -0.4 is 0 Å². The standard InChI is InChI=1S/C12H20O/c1-4-10-7-8-12(5-2,6-3)11(13)9-10/h4,10H,1,5-9H2,2-3H3. The molecule has 74 valence electrons. The third-order valence-electron chi connectivity index (χ3n) is 3.72. The number of Topliss-reactive ketones (excluding diaryl/α,β-unsaturated/α-hetero) is 1. The molecule has 1 unspecified atom stereocenters. The Hall–Kier alpha value is -0.590. The monoisotopic (exact) mass is 180 g/mol. The van der Waals surface area contributed by atoms with Crippen molar-refractivity contribution >= 4 is 5.78 Å². The lowest BCUT2D eigenvalue weighted by Crippen LogP contribution is -2.35. The topological polar surface area (TPSA) is 17.1 Å². The summed E-state index contributed by atoms with van der Waals surface area (Å²) in [4.78, 5) is 11.9. The zero-order valence-electron chi connectivity index (χ0n) is 8.81. The van der Waals surface area contributed by atoms with E-state index >= 15 is 0 Å². The van der Waals surface area contributed by atoms with E-state index in [1.807, 2.05) is 6.08 Å². The molecule has 1 rings (SSSR count). The van der Waals surface area contributed by atoms with Gasteiger partial charge in [0, 0.05) is 11.8 Å². The van der Waals surface area contributed by atoms with Crippen molar-refractivity contribution in [2.75, 3.05) is 0 Å². The molecular formula is C12H20O. The highest BCUT2D eigenvalue weighted by Gasteiger charge is 2.38. The summed E-state index contributed by atoms with van der Waals surface area (Å²) in [7, 11) is 0. The van der Waals surface area contributed by atoms with Crippen LogP contribution in [0.15, 0.2) is 12.7 Å². The van der Waals surface area contributed by atoms with Gasteiger partial charge < -0.3 is 0 Å². The predicted octanol–water partition coefficient (Wildman–Crippen LogP) is 3.35. The Morgan fingerprint density at radius 1 is 1.54 bits per heavy atom. The zero-order chi connectivity index (χ0) is 9.90. The lowest BCUT2D eigenvalue weighted by atomic mass is 9.66. The Morgan fingerprint density at radius 2 is 2.15 bits per heavy atom. The van der Waals surface area contributed by atoms with Crippen molar-refractivity contribution in [1.29, 1.82) is 0 Å². The van der Waals surface area contributed by atoms with Crippen molar-refractivity contribution in [2.45, 2.75) is 46.0 Å². The van der Waals surface area contributed by atoms with Crippen molar-refractivity contribution < 1.29 is 4.79 Å². The fraction of sp³-hybridized carbons (Fsp3) is 0.750. The highest BCUT2D eigenvalue weighted by atomic mass is 16.1. The molecule has 13 heavy (non-hydrogen) atoms. The number of ketones is 1. The molecule has 0 saturated heterocycles. The maximum Gasteiger partial charge on any atom is 0.139 e. The van der Waals surface area contributed by atoms with Crippen LogP contribution in [-0.4, -0.2) is 5.78 Å². The molecule has 1 atom stereocenters. The Balaban J connectivity index is 2.71. The third kappa shape index (κ3) is 1.84. The first kappa shape index (κ1) is 10.5. The molecule has 1 nitrogen and oxygen atoms in total. The van der Waals surface area contributed by atoms with Gasteiger partial charge >= 0.3 is 0 Å². The molecule has 0 radical (unpaired) electrons. The quantitative estimate of drug-likeness (QED) is 0.609. The molecule has 0 aromatic carbocycles. The van der Waals surface area contributed by atoms with Gasteiger partial charge in [0.05, 0.1) is 0 Å². The van der Waals surface area contributed by atoms with Gasteiger partial charge in [-0.3, -0.25) is 4.79 Å². The SMILES string of the molecule is C=CC1CCC(CC)(CC)C(=O)C1. The summed E-state index contributed by atoms with van der Waals surface area (Å²) >= 11 is 0. The lowest BCUT2D eigenvalue weighted by molar-refractivity contribution is -0.132. The van der Waals surface area contributed by atoms with E-state index in [1.54, 1.807) is 0 Å². The summed E-state index contributed by atoms with van der Waals surface area (Å²) in [5, 5.41) is 0. The van der Waals surface area contributed by atoms with E-state index in [0.29, 0.717) is 11.7 Å². The third-order valence-corrected chi connectivity index (χ3v) is 3.72. The van der Waals surface area contributed by atoms with E-state index in [1.165, 1.54) is 0 Å². The Morgan fingerprint density at radius 3 is 2.54 bits per heavy atom. The number of allylic oxidation sites excluding steroid dienone is 1. The van der Waals surface area contributed by atoms with E-state index in [-0.39, 0.29) is 5.41 Å². The smallest absolute Gasteiger partial charge is 0.139 e. The van der Waals surface area contributed by atoms with Gasteiger partial charge in [-0.1, -0.05) is 19.9 Å². The van der Waals surface area contributed by atoms with Gasteiger partial charge in [-0.25, -0.2) is 0 Å². The van der Waals surface area contributed by atoms with E-state index in [0.717, 1.165) is 32.1 Å². The average Bonchev–Trinajstić information content (AvgIpc) is 2.18. The van der Waals surface area contributed by atoms with E-state index in [2.05, 4.69) is 20.4 Å². The molecule has 0 amide bonds. The largest absolute Gasteiger partial charge is 0.299 e. The Bertz CT molecular complexity index is 201. The van der Waals surface area contributed by atoms with Gasteiger partial charge in [-0.15, -0.1) is 6.58 Å². The molecule has 0 aromatic heterocycles. The molecule has 0 heterocycles. The Kier molecular flexibility index (Phi) is 3.29. The lowest BCUT2D eigenvalue weighted by Gasteiger charge is -2.36. The molecule has 1 saturated carbocycles. The molecule has 0 spiro atoms. The van der Waals surface area contributed by atoms with Crippen molar-refractivity contribution in [1.82, 2.24) is 0 Å². The summed E-state index contributed by atoms with van der Waals surface area (Å²) in [6.45, 7) is 8.04. The molecule has 1 aliphatic carbocycles. The zero-order valence-corrected chi connectivity index (χ0v) is 8.81. The van der Waals surface area contributed by atoms with Crippen molar-refractivity contribution in [3.8, 4) is 0 Å². The first-order valence-electron chi connectivity index (χ1n) is 5.34. The Labute approximate surface area is 81.2 Å². The van der Waals surface area contributed by atoms with Crippen LogP contribution in [0.2, 0.25) is 0 Å². The summed E-state index contributed by atoms with van der Waals surface area (Å²) < 4.78 is 0. The van der Waals surface area contributed by atoms with Crippen LogP contribution in [0.3, 0.4) is 0 Å². The number of rotatable bonds is 3. The number of carbonyl (C=O) groups excluding carboxylic acids is 1. The van der Waals surface area contributed by atoms with E-state index in [9.17, 15) is 4.79 Å². The summed E-state index contributed by atoms with van der Waals surface area (Å²) in [5.41, 5.74) is 0.0134. The highest BCUT2D eigenvalue weighted by Crippen LogP contribution is 2.41. The van der Waals surface area contributed by atoms with Gasteiger partial charge in [0.15, 0.2) is 0 Å². The average molecular weight is 180 g/mol. The number of carbonyl (C=O) groups is 1. The van der Waals surface area contributed by atoms with Crippen molar-refractivity contribution in [3.05, 3.63) is 12.7 Å². The summed E-state index contributed by atoms with van der Waals surface area (Å²) in [6.07, 6.45) is 6.89. The molecule has 0 aromatic rings. The van der Waals surface area contributed by atoms with Crippen LogP contribution in [0.5, 0.6) is 0 Å². The van der Waals surface area contributed by atoms with Gasteiger partial charge in [0.2, 0.25) is 0 Å². The van der Waals surface area contributed by atoms with Gasteiger partial charge in [-0.2, -0.15) is 0 Å². The highest BCUT2D eigenvalue weighted by molar-refractivity contribution is 5.85. The van der Waals surface area contributed by atoms with Crippen LogP contribution >= 0.6 is 0 Å². The molecule has 1 fully saturated rings. The molecular weight excluding hydrogens is 160 g/mol. The molecule has 1 aliphatic rings. The van der Waals surface area contributed by atoms with Crippen molar-refractivity contribution in [3.63, 3.8) is 0 Å². The first-order valence-corrected chi connectivity index (χ1v) is 5.34. The van der Waals surface area contributed by atoms with Crippen LogP contribution in [0, 0.1) is 11.3 Å². The van der Waals surface area contributed by atoms with Crippen LogP contribution in [0.4, 0.5) is 0 Å². The number of hydrogen-bond donors (Lipinski definition) is 0. The normalized spacial score (nSPS) is 27.2. The second-order valence-corrected chi connectivity index (χ2v) is 4.15. The second-order valence-electron chi connectivity index (χ2n) is 4.15. The van der Waals surface area contributed by atoms with Crippen LogP contribution in [0.25, 0.3) is 0 Å². The second kappa shape index (κ2) is 4.08. The molecule has 0 aliphatic heterocycles. The minimum atomic E-state index is 0.0134. The van der Waals surface area contributed by atoms with E-state index in [4.69, 9.17) is 0 Å². The van der Waals surface area contributed by atoms with Crippen LogP contribution in [-0.2, 0) is 4.79 Å². The minimum absolute atomic E-state index is 0.0134. The maximum absolute atomic E-state index is 11.9. The minimum Gasteiger partial charge on any atom is -0.299 e. The fourth-order valence-corrected chi connectivity index (χ4v) is 2.36. The maximum atomic E-state index is 11.9. The fourth-order valence-electron chi connectivity index (χ4n) is 2.36.